The van der Waals surface area contributed by atoms with E-state index in [-0.39, 0.29) is 5.41 Å². The van der Waals surface area contributed by atoms with E-state index in [9.17, 15) is 4.79 Å². The van der Waals surface area contributed by atoms with Crippen molar-refractivity contribution < 1.29 is 4.79 Å². The summed E-state index contributed by atoms with van der Waals surface area (Å²) in [6.07, 6.45) is 9.85. The summed E-state index contributed by atoms with van der Waals surface area (Å²) in [7, 11) is 0. The number of allylic oxidation sites excluding steroid dienone is 4. The monoisotopic (exact) mass is 176 g/mol. The van der Waals surface area contributed by atoms with Crippen molar-refractivity contribution in [3.63, 3.8) is 0 Å². The summed E-state index contributed by atoms with van der Waals surface area (Å²) in [5.74, 6) is 1.23. The third kappa shape index (κ3) is 1.18. The highest BCUT2D eigenvalue weighted by Gasteiger charge is 2.41. The Morgan fingerprint density at radius 1 is 1.62 bits per heavy atom. The Bertz CT molecular complexity index is 287. The van der Waals surface area contributed by atoms with Crippen molar-refractivity contribution in [3.8, 4) is 0 Å². The van der Waals surface area contributed by atoms with Gasteiger partial charge in [0, 0.05) is 0 Å². The minimum absolute atomic E-state index is 0.241. The van der Waals surface area contributed by atoms with Crippen LogP contribution in [0.25, 0.3) is 0 Å². The lowest BCUT2D eigenvalue weighted by Crippen LogP contribution is -2.30. The predicted octanol–water partition coefficient (Wildman–Crippen LogP) is 2.73. The molecule has 0 aromatic heterocycles. The fraction of sp³-hybridized carbons (Fsp3) is 0.583. The molecule has 0 bridgehead atoms. The molecule has 0 aromatic carbocycles. The second-order valence-corrected chi connectivity index (χ2v) is 4.58. The van der Waals surface area contributed by atoms with E-state index in [1.165, 1.54) is 0 Å². The lowest BCUT2D eigenvalue weighted by atomic mass is 9.67. The van der Waals surface area contributed by atoms with Crippen LogP contribution >= 0.6 is 0 Å². The molecule has 2 rings (SSSR count). The number of fused-ring (bicyclic) bond motifs is 1. The Labute approximate surface area is 79.5 Å². The standard InChI is InChI=1S/C12H16O/c1-9-4-3-5-11-6-10(8-13)7-12(9,11)2/h3,5,7-9,11H,4,6H2,1-2H3/t9-,11+,12+/m1/s1. The summed E-state index contributed by atoms with van der Waals surface area (Å²) in [4.78, 5) is 10.7. The van der Waals surface area contributed by atoms with Gasteiger partial charge in [0.1, 0.15) is 6.29 Å². The van der Waals surface area contributed by atoms with Crippen LogP contribution in [0, 0.1) is 17.3 Å². The molecule has 3 atom stereocenters. The highest BCUT2D eigenvalue weighted by atomic mass is 16.1. The minimum atomic E-state index is 0.241. The molecule has 0 saturated heterocycles. The maximum absolute atomic E-state index is 10.7. The third-order valence-corrected chi connectivity index (χ3v) is 3.82. The highest BCUT2D eigenvalue weighted by Crippen LogP contribution is 2.50. The van der Waals surface area contributed by atoms with Crippen LogP contribution in [0.15, 0.2) is 23.8 Å². The van der Waals surface area contributed by atoms with Crippen LogP contribution in [-0.4, -0.2) is 6.29 Å². The Balaban J connectivity index is 2.36. The van der Waals surface area contributed by atoms with Crippen molar-refractivity contribution in [1.29, 1.82) is 0 Å². The van der Waals surface area contributed by atoms with Crippen molar-refractivity contribution in [2.24, 2.45) is 17.3 Å². The Morgan fingerprint density at radius 3 is 3.00 bits per heavy atom. The first-order chi connectivity index (χ1) is 6.16. The average molecular weight is 176 g/mol. The lowest BCUT2D eigenvalue weighted by Gasteiger charge is -2.37. The SMILES string of the molecule is C[C@@H]1CC=C[C@H]2CC(C=O)=C[C@@]12C. The summed E-state index contributed by atoms with van der Waals surface area (Å²) < 4.78 is 0. The lowest BCUT2D eigenvalue weighted by molar-refractivity contribution is -0.105. The molecule has 1 heteroatoms. The Morgan fingerprint density at radius 2 is 2.38 bits per heavy atom. The number of rotatable bonds is 1. The minimum Gasteiger partial charge on any atom is -0.298 e. The zero-order valence-corrected chi connectivity index (χ0v) is 8.29. The molecule has 0 heterocycles. The molecule has 0 aliphatic heterocycles. The van der Waals surface area contributed by atoms with E-state index in [0.29, 0.717) is 11.8 Å². The van der Waals surface area contributed by atoms with E-state index in [1.54, 1.807) is 0 Å². The zero-order chi connectivity index (χ0) is 9.47. The summed E-state index contributed by atoms with van der Waals surface area (Å²) >= 11 is 0. The number of carbonyl (C=O) groups is 1. The van der Waals surface area contributed by atoms with Gasteiger partial charge in [-0.15, -0.1) is 0 Å². The van der Waals surface area contributed by atoms with Gasteiger partial charge in [0.25, 0.3) is 0 Å². The molecular formula is C12H16O. The Hall–Kier alpha value is -0.850. The van der Waals surface area contributed by atoms with Crippen LogP contribution < -0.4 is 0 Å². The molecule has 0 unspecified atom stereocenters. The molecule has 1 nitrogen and oxygen atoms in total. The molecular weight excluding hydrogens is 160 g/mol. The first kappa shape index (κ1) is 8.74. The van der Waals surface area contributed by atoms with Gasteiger partial charge < -0.3 is 0 Å². The van der Waals surface area contributed by atoms with Gasteiger partial charge >= 0.3 is 0 Å². The topological polar surface area (TPSA) is 17.1 Å². The number of hydrogen-bond acceptors (Lipinski definition) is 1. The molecule has 2 aliphatic carbocycles. The quantitative estimate of drug-likeness (QED) is 0.443. The fourth-order valence-electron chi connectivity index (χ4n) is 2.61. The van der Waals surface area contributed by atoms with Gasteiger partial charge in [-0.3, -0.25) is 4.79 Å². The third-order valence-electron chi connectivity index (χ3n) is 3.82. The van der Waals surface area contributed by atoms with E-state index in [2.05, 4.69) is 32.1 Å². The normalized spacial score (nSPS) is 42.8. The summed E-state index contributed by atoms with van der Waals surface area (Å²) in [6.45, 7) is 4.56. The van der Waals surface area contributed by atoms with Crippen LogP contribution in [0.1, 0.15) is 26.7 Å². The molecule has 0 N–H and O–H groups in total. The molecule has 0 radical (unpaired) electrons. The maximum Gasteiger partial charge on any atom is 0.145 e. The van der Waals surface area contributed by atoms with Crippen LogP contribution in [0.4, 0.5) is 0 Å². The molecule has 0 amide bonds. The first-order valence-electron chi connectivity index (χ1n) is 5.00. The summed E-state index contributed by atoms with van der Waals surface area (Å²) in [5, 5.41) is 0. The molecule has 0 aromatic rings. The largest absolute Gasteiger partial charge is 0.298 e. The van der Waals surface area contributed by atoms with Crippen molar-refractivity contribution in [3.05, 3.63) is 23.8 Å². The molecule has 70 valence electrons. The van der Waals surface area contributed by atoms with Gasteiger partial charge in [0.05, 0.1) is 0 Å². The molecule has 0 spiro atoms. The number of hydrogen-bond donors (Lipinski definition) is 0. The second kappa shape index (κ2) is 2.83. The smallest absolute Gasteiger partial charge is 0.145 e. The van der Waals surface area contributed by atoms with Crippen LogP contribution in [-0.2, 0) is 4.79 Å². The van der Waals surface area contributed by atoms with Crippen molar-refractivity contribution in [2.75, 3.05) is 0 Å². The highest BCUT2D eigenvalue weighted by molar-refractivity contribution is 5.74. The predicted molar refractivity (Wildman–Crippen MR) is 53.3 cm³/mol. The van der Waals surface area contributed by atoms with E-state index < -0.39 is 0 Å². The van der Waals surface area contributed by atoms with E-state index in [1.807, 2.05) is 0 Å². The second-order valence-electron chi connectivity index (χ2n) is 4.58. The van der Waals surface area contributed by atoms with Crippen LogP contribution in [0.5, 0.6) is 0 Å². The zero-order valence-electron chi connectivity index (χ0n) is 8.29. The van der Waals surface area contributed by atoms with Gasteiger partial charge in [0.15, 0.2) is 0 Å². The van der Waals surface area contributed by atoms with Gasteiger partial charge in [-0.05, 0) is 35.7 Å². The average Bonchev–Trinajstić information content (AvgIpc) is 2.45. The van der Waals surface area contributed by atoms with Gasteiger partial charge in [-0.2, -0.15) is 0 Å². The fourth-order valence-corrected chi connectivity index (χ4v) is 2.61. The van der Waals surface area contributed by atoms with E-state index >= 15 is 0 Å². The summed E-state index contributed by atoms with van der Waals surface area (Å²) in [5.41, 5.74) is 1.23. The van der Waals surface area contributed by atoms with Gasteiger partial charge in [0.2, 0.25) is 0 Å². The molecule has 0 saturated carbocycles. The van der Waals surface area contributed by atoms with Gasteiger partial charge in [-0.1, -0.05) is 32.1 Å². The van der Waals surface area contributed by atoms with E-state index in [0.717, 1.165) is 24.7 Å². The Kier molecular flexibility index (Phi) is 1.90. The maximum atomic E-state index is 10.7. The number of carbonyl (C=O) groups excluding carboxylic acids is 1. The van der Waals surface area contributed by atoms with Crippen LogP contribution in [0.3, 0.4) is 0 Å². The van der Waals surface area contributed by atoms with Crippen molar-refractivity contribution in [1.82, 2.24) is 0 Å². The van der Waals surface area contributed by atoms with E-state index in [4.69, 9.17) is 0 Å². The number of aldehydes is 1. The summed E-state index contributed by atoms with van der Waals surface area (Å²) in [6, 6.07) is 0. The molecule has 13 heavy (non-hydrogen) atoms. The van der Waals surface area contributed by atoms with Crippen molar-refractivity contribution >= 4 is 6.29 Å². The van der Waals surface area contributed by atoms with Crippen molar-refractivity contribution in [2.45, 2.75) is 26.7 Å². The van der Waals surface area contributed by atoms with Gasteiger partial charge in [-0.25, -0.2) is 0 Å². The first-order valence-corrected chi connectivity index (χ1v) is 5.00. The molecule has 2 aliphatic rings. The molecule has 0 fully saturated rings. The van der Waals surface area contributed by atoms with Crippen LogP contribution in [0.2, 0.25) is 0 Å².